The number of fused-ring (bicyclic) bond motifs is 2. The lowest BCUT2D eigenvalue weighted by atomic mass is 10.3. The summed E-state index contributed by atoms with van der Waals surface area (Å²) in [5.74, 6) is 0. The maximum atomic E-state index is 6.06. The van der Waals surface area contributed by atoms with E-state index in [1.165, 1.54) is 9.60 Å². The van der Waals surface area contributed by atoms with Crippen molar-refractivity contribution in [2.24, 2.45) is 0 Å². The topological polar surface area (TPSA) is 24.9 Å². The number of thioether (sulfide) groups is 2. The highest BCUT2D eigenvalue weighted by Gasteiger charge is 2.23. The van der Waals surface area contributed by atoms with Gasteiger partial charge < -0.3 is 5.32 Å². The SMILES string of the molecule is Clc1ccc(SC(=C2Nc3ccccc3S2)c2nc3ccccc3s2)cc1. The second-order valence-electron chi connectivity index (χ2n) is 5.92. The van der Waals surface area contributed by atoms with Gasteiger partial charge in [0.15, 0.2) is 0 Å². The molecule has 5 rings (SSSR count). The van der Waals surface area contributed by atoms with Crippen LogP contribution in [0.3, 0.4) is 0 Å². The number of nitrogens with zero attached hydrogens (tertiary/aromatic N) is 1. The molecule has 27 heavy (non-hydrogen) atoms. The van der Waals surface area contributed by atoms with Crippen LogP contribution >= 0.6 is 46.5 Å². The quantitative estimate of drug-likeness (QED) is 0.342. The van der Waals surface area contributed by atoms with Gasteiger partial charge in [-0.2, -0.15) is 0 Å². The van der Waals surface area contributed by atoms with Crippen LogP contribution in [0.15, 0.2) is 87.6 Å². The second kappa shape index (κ2) is 7.24. The van der Waals surface area contributed by atoms with E-state index in [1.54, 1.807) is 34.9 Å². The Bertz CT molecular complexity index is 1110. The van der Waals surface area contributed by atoms with Gasteiger partial charge in [0.2, 0.25) is 0 Å². The lowest BCUT2D eigenvalue weighted by Crippen LogP contribution is -1.93. The standard InChI is InChI=1S/C21H13ClN2S3/c22-13-9-11-14(12-10-13)25-19(20-23-15-5-1-3-7-17(15)26-20)21-24-16-6-2-4-8-18(16)27-21/h1-12,23H. The number of hydrogen-bond acceptors (Lipinski definition) is 5. The molecule has 132 valence electrons. The molecule has 0 atom stereocenters. The Hall–Kier alpha value is -1.92. The number of benzene rings is 3. The van der Waals surface area contributed by atoms with Crippen LogP contribution < -0.4 is 5.32 Å². The third kappa shape index (κ3) is 3.48. The van der Waals surface area contributed by atoms with E-state index >= 15 is 0 Å². The number of thiazole rings is 1. The first-order chi connectivity index (χ1) is 13.3. The van der Waals surface area contributed by atoms with Gasteiger partial charge in [0.25, 0.3) is 0 Å². The molecule has 2 nitrogen and oxygen atoms in total. The van der Waals surface area contributed by atoms with Gasteiger partial charge in [0.1, 0.15) is 5.01 Å². The minimum Gasteiger partial charge on any atom is -0.348 e. The molecule has 2 heterocycles. The molecule has 0 aliphatic carbocycles. The number of rotatable bonds is 3. The molecule has 3 aromatic carbocycles. The lowest BCUT2D eigenvalue weighted by Gasteiger charge is -2.09. The number of anilines is 1. The Balaban J connectivity index is 1.61. The molecule has 0 radical (unpaired) electrons. The largest absolute Gasteiger partial charge is 0.348 e. The summed E-state index contributed by atoms with van der Waals surface area (Å²) >= 11 is 11.3. The Morgan fingerprint density at radius 3 is 2.52 bits per heavy atom. The maximum absolute atomic E-state index is 6.06. The molecule has 0 saturated heterocycles. The van der Waals surface area contributed by atoms with Gasteiger partial charge in [-0.25, -0.2) is 4.98 Å². The Morgan fingerprint density at radius 2 is 1.70 bits per heavy atom. The highest BCUT2D eigenvalue weighted by Crippen LogP contribution is 2.49. The van der Waals surface area contributed by atoms with Gasteiger partial charge in [-0.15, -0.1) is 11.3 Å². The van der Waals surface area contributed by atoms with E-state index in [-0.39, 0.29) is 0 Å². The van der Waals surface area contributed by atoms with Gasteiger partial charge in [-0.05, 0) is 48.5 Å². The van der Waals surface area contributed by atoms with Crippen molar-refractivity contribution >= 4 is 67.3 Å². The van der Waals surface area contributed by atoms with E-state index in [0.29, 0.717) is 0 Å². The summed E-state index contributed by atoms with van der Waals surface area (Å²) < 4.78 is 1.20. The minimum absolute atomic E-state index is 0.745. The molecule has 0 spiro atoms. The average molecular weight is 425 g/mol. The van der Waals surface area contributed by atoms with Gasteiger partial charge >= 0.3 is 0 Å². The highest BCUT2D eigenvalue weighted by atomic mass is 35.5. The molecular formula is C21H13ClN2S3. The Labute approximate surface area is 174 Å². The second-order valence-corrected chi connectivity index (χ2v) is 9.53. The summed E-state index contributed by atoms with van der Waals surface area (Å²) in [5, 5.41) is 6.46. The summed E-state index contributed by atoms with van der Waals surface area (Å²) in [5.41, 5.74) is 2.18. The Kier molecular flexibility index (Phi) is 4.61. The molecule has 6 heteroatoms. The monoisotopic (exact) mass is 424 g/mol. The molecule has 1 aliphatic heterocycles. The number of nitrogens with one attached hydrogen (secondary N) is 1. The van der Waals surface area contributed by atoms with Gasteiger partial charge in [-0.3, -0.25) is 0 Å². The molecule has 0 fully saturated rings. The third-order valence-corrected chi connectivity index (χ3v) is 7.84. The molecule has 1 aromatic heterocycles. The van der Waals surface area contributed by atoms with Crippen LogP contribution in [-0.2, 0) is 0 Å². The number of para-hydroxylation sites is 2. The van der Waals surface area contributed by atoms with E-state index in [0.717, 1.165) is 36.1 Å². The number of aromatic nitrogens is 1. The van der Waals surface area contributed by atoms with E-state index in [9.17, 15) is 0 Å². The van der Waals surface area contributed by atoms with Crippen LogP contribution in [0.2, 0.25) is 5.02 Å². The third-order valence-electron chi connectivity index (χ3n) is 4.08. The van der Waals surface area contributed by atoms with E-state index in [2.05, 4.69) is 47.8 Å². The number of hydrogen-bond donors (Lipinski definition) is 1. The molecule has 4 aromatic rings. The molecule has 0 amide bonds. The molecule has 1 N–H and O–H groups in total. The molecule has 0 unspecified atom stereocenters. The van der Waals surface area contributed by atoms with Gasteiger partial charge in [-0.1, -0.05) is 59.4 Å². The fraction of sp³-hybridized carbons (Fsp3) is 0. The predicted molar refractivity (Wildman–Crippen MR) is 120 cm³/mol. The fourth-order valence-corrected chi connectivity index (χ4v) is 6.13. The van der Waals surface area contributed by atoms with Crippen molar-refractivity contribution in [3.63, 3.8) is 0 Å². The zero-order valence-corrected chi connectivity index (χ0v) is 17.2. The highest BCUT2D eigenvalue weighted by molar-refractivity contribution is 8.11. The summed E-state index contributed by atoms with van der Waals surface area (Å²) in [7, 11) is 0. The van der Waals surface area contributed by atoms with Crippen LogP contribution in [0.4, 0.5) is 5.69 Å². The first-order valence-corrected chi connectivity index (χ1v) is 11.2. The van der Waals surface area contributed by atoms with Crippen molar-refractivity contribution in [1.29, 1.82) is 0 Å². The van der Waals surface area contributed by atoms with Gasteiger partial charge in [0, 0.05) is 14.8 Å². The molecule has 1 aliphatic rings. The molecule has 0 bridgehead atoms. The fourth-order valence-electron chi connectivity index (χ4n) is 2.80. The maximum Gasteiger partial charge on any atom is 0.134 e. The molecule has 0 saturated carbocycles. The summed E-state index contributed by atoms with van der Waals surface area (Å²) in [6.45, 7) is 0. The molecular weight excluding hydrogens is 412 g/mol. The first kappa shape index (κ1) is 17.2. The summed E-state index contributed by atoms with van der Waals surface area (Å²) in [4.78, 5) is 8.41. The summed E-state index contributed by atoms with van der Waals surface area (Å²) in [6.07, 6.45) is 0. The van der Waals surface area contributed by atoms with E-state index in [4.69, 9.17) is 16.6 Å². The van der Waals surface area contributed by atoms with E-state index in [1.807, 2.05) is 30.3 Å². The van der Waals surface area contributed by atoms with Crippen LogP contribution in [0, 0.1) is 0 Å². The smallest absolute Gasteiger partial charge is 0.134 e. The van der Waals surface area contributed by atoms with Crippen molar-refractivity contribution in [3.05, 3.63) is 87.9 Å². The predicted octanol–water partition coefficient (Wildman–Crippen LogP) is 7.59. The van der Waals surface area contributed by atoms with Crippen molar-refractivity contribution in [1.82, 2.24) is 4.98 Å². The first-order valence-electron chi connectivity index (χ1n) is 8.34. The summed E-state index contributed by atoms with van der Waals surface area (Å²) in [6, 6.07) is 24.6. The van der Waals surface area contributed by atoms with Crippen LogP contribution in [0.5, 0.6) is 0 Å². The lowest BCUT2D eigenvalue weighted by molar-refractivity contribution is 1.43. The minimum atomic E-state index is 0.745. The zero-order valence-electron chi connectivity index (χ0n) is 14.0. The normalized spacial score (nSPS) is 14.9. The van der Waals surface area contributed by atoms with Crippen molar-refractivity contribution in [2.45, 2.75) is 9.79 Å². The van der Waals surface area contributed by atoms with Gasteiger partial charge in [0.05, 0.1) is 25.8 Å². The zero-order chi connectivity index (χ0) is 18.2. The van der Waals surface area contributed by atoms with Crippen molar-refractivity contribution < 1.29 is 0 Å². The van der Waals surface area contributed by atoms with Crippen LogP contribution in [0.1, 0.15) is 5.01 Å². The van der Waals surface area contributed by atoms with Crippen molar-refractivity contribution in [3.8, 4) is 0 Å². The average Bonchev–Trinajstić information content (AvgIpc) is 3.31. The van der Waals surface area contributed by atoms with Crippen LogP contribution in [-0.4, -0.2) is 4.98 Å². The van der Waals surface area contributed by atoms with Crippen LogP contribution in [0.25, 0.3) is 15.1 Å². The van der Waals surface area contributed by atoms with Crippen molar-refractivity contribution in [2.75, 3.05) is 5.32 Å². The Morgan fingerprint density at radius 1 is 0.926 bits per heavy atom. The van der Waals surface area contributed by atoms with E-state index < -0.39 is 0 Å². The number of halogens is 1.